The van der Waals surface area contributed by atoms with Crippen LogP contribution in [0.2, 0.25) is 0 Å². The summed E-state index contributed by atoms with van der Waals surface area (Å²) < 4.78 is 29.9. The van der Waals surface area contributed by atoms with Gasteiger partial charge in [0, 0.05) is 45.0 Å². The number of rotatable bonds is 4. The zero-order valence-corrected chi connectivity index (χ0v) is 17.2. The number of hydrogen-bond acceptors (Lipinski definition) is 4. The van der Waals surface area contributed by atoms with E-state index in [2.05, 4.69) is 18.1 Å². The van der Waals surface area contributed by atoms with E-state index in [1.54, 1.807) is 18.4 Å². The summed E-state index contributed by atoms with van der Waals surface area (Å²) in [6.07, 6.45) is 5.66. The molecule has 1 aliphatic heterocycles. The lowest BCUT2D eigenvalue weighted by molar-refractivity contribution is 0.296. The third-order valence-electron chi connectivity index (χ3n) is 5.28. The van der Waals surface area contributed by atoms with Gasteiger partial charge in [0.15, 0.2) is 0 Å². The van der Waals surface area contributed by atoms with E-state index >= 15 is 0 Å². The quantitative estimate of drug-likeness (QED) is 0.676. The molecule has 4 rings (SSSR count). The Morgan fingerprint density at radius 2 is 2.00 bits per heavy atom. The third-order valence-corrected chi connectivity index (χ3v) is 7.18. The molecule has 1 unspecified atom stereocenters. The van der Waals surface area contributed by atoms with Crippen molar-refractivity contribution in [2.45, 2.75) is 25.7 Å². The monoisotopic (exact) mass is 399 g/mol. The van der Waals surface area contributed by atoms with Crippen LogP contribution in [-0.2, 0) is 10.2 Å². The lowest BCUT2D eigenvalue weighted by Gasteiger charge is -2.33. The number of imidazole rings is 1. The molecule has 0 spiro atoms. The SMILES string of the molecule is Cc1ccc2ncc(-c3cccc(C4CCCN(S(=O)(=O)N(C)C)C4)n3)n2c1. The molecule has 0 saturated carbocycles. The molecule has 4 heterocycles. The van der Waals surface area contributed by atoms with Crippen LogP contribution < -0.4 is 0 Å². The van der Waals surface area contributed by atoms with Gasteiger partial charge in [-0.3, -0.25) is 9.38 Å². The number of aryl methyl sites for hydroxylation is 1. The van der Waals surface area contributed by atoms with Gasteiger partial charge in [-0.15, -0.1) is 0 Å². The number of pyridine rings is 2. The van der Waals surface area contributed by atoms with Gasteiger partial charge in [0.1, 0.15) is 5.65 Å². The summed E-state index contributed by atoms with van der Waals surface area (Å²) in [5.41, 5.74) is 4.75. The minimum atomic E-state index is -3.40. The topological polar surface area (TPSA) is 70.8 Å². The molecule has 1 aliphatic rings. The number of nitrogens with zero attached hydrogens (tertiary/aromatic N) is 5. The van der Waals surface area contributed by atoms with Crippen LogP contribution in [0.1, 0.15) is 30.0 Å². The van der Waals surface area contributed by atoms with Crippen molar-refractivity contribution >= 4 is 15.9 Å². The summed E-state index contributed by atoms with van der Waals surface area (Å²) in [4.78, 5) is 9.36. The van der Waals surface area contributed by atoms with Gasteiger partial charge in [0.25, 0.3) is 10.2 Å². The average molecular weight is 400 g/mol. The summed E-state index contributed by atoms with van der Waals surface area (Å²) in [6.45, 7) is 3.07. The van der Waals surface area contributed by atoms with Crippen LogP contribution in [0.3, 0.4) is 0 Å². The second-order valence-electron chi connectivity index (χ2n) is 7.51. The van der Waals surface area contributed by atoms with Crippen LogP contribution in [0.4, 0.5) is 0 Å². The normalized spacial score (nSPS) is 18.8. The van der Waals surface area contributed by atoms with Crippen LogP contribution in [0, 0.1) is 6.92 Å². The molecule has 28 heavy (non-hydrogen) atoms. The van der Waals surface area contributed by atoms with Gasteiger partial charge >= 0.3 is 0 Å². The molecule has 0 N–H and O–H groups in total. The van der Waals surface area contributed by atoms with Gasteiger partial charge in [0.2, 0.25) is 0 Å². The zero-order chi connectivity index (χ0) is 19.9. The highest BCUT2D eigenvalue weighted by molar-refractivity contribution is 7.86. The van der Waals surface area contributed by atoms with E-state index in [0.29, 0.717) is 13.1 Å². The van der Waals surface area contributed by atoms with Crippen LogP contribution in [-0.4, -0.2) is 58.6 Å². The van der Waals surface area contributed by atoms with E-state index in [4.69, 9.17) is 4.98 Å². The van der Waals surface area contributed by atoms with E-state index in [1.807, 2.05) is 40.9 Å². The molecule has 0 radical (unpaired) electrons. The molecular weight excluding hydrogens is 374 g/mol. The molecule has 0 bridgehead atoms. The molecule has 8 heteroatoms. The summed E-state index contributed by atoms with van der Waals surface area (Å²) in [6, 6.07) is 10.00. The van der Waals surface area contributed by atoms with Crippen molar-refractivity contribution in [3.8, 4) is 11.4 Å². The largest absolute Gasteiger partial charge is 0.298 e. The van der Waals surface area contributed by atoms with Crippen molar-refractivity contribution in [2.75, 3.05) is 27.2 Å². The maximum atomic E-state index is 12.5. The number of hydrogen-bond donors (Lipinski definition) is 0. The Morgan fingerprint density at radius 1 is 1.18 bits per heavy atom. The molecule has 3 aromatic heterocycles. The minimum absolute atomic E-state index is 0.0874. The standard InChI is InChI=1S/C20H25N5O2S/c1-15-9-10-20-21-12-19(25(20)13-15)18-8-4-7-17(22-18)16-6-5-11-24(14-16)28(26,27)23(2)3/h4,7-10,12-13,16H,5-6,11,14H2,1-3H3. The first kappa shape index (κ1) is 19.0. The minimum Gasteiger partial charge on any atom is -0.298 e. The Labute approximate surface area is 165 Å². The number of aromatic nitrogens is 3. The van der Waals surface area contributed by atoms with E-state index in [-0.39, 0.29) is 5.92 Å². The van der Waals surface area contributed by atoms with Gasteiger partial charge in [0.05, 0.1) is 17.6 Å². The van der Waals surface area contributed by atoms with Gasteiger partial charge in [-0.05, 0) is 43.5 Å². The van der Waals surface area contributed by atoms with Gasteiger partial charge in [-0.1, -0.05) is 12.1 Å². The fraction of sp³-hybridized carbons (Fsp3) is 0.400. The highest BCUT2D eigenvalue weighted by Gasteiger charge is 2.31. The molecule has 148 valence electrons. The zero-order valence-electron chi connectivity index (χ0n) is 16.4. The van der Waals surface area contributed by atoms with Crippen LogP contribution in [0.15, 0.2) is 42.7 Å². The smallest absolute Gasteiger partial charge is 0.281 e. The first-order valence-corrected chi connectivity index (χ1v) is 10.8. The Kier molecular flexibility index (Phi) is 4.95. The van der Waals surface area contributed by atoms with E-state index in [1.165, 1.54) is 4.31 Å². The summed E-state index contributed by atoms with van der Waals surface area (Å²) in [5.74, 6) is 0.0874. The van der Waals surface area contributed by atoms with Crippen LogP contribution >= 0.6 is 0 Å². The fourth-order valence-electron chi connectivity index (χ4n) is 3.72. The molecule has 0 aliphatic carbocycles. The molecule has 7 nitrogen and oxygen atoms in total. The summed E-state index contributed by atoms with van der Waals surface area (Å²) in [7, 11) is -0.255. The number of fused-ring (bicyclic) bond motifs is 1. The highest BCUT2D eigenvalue weighted by atomic mass is 32.2. The number of piperidine rings is 1. The van der Waals surface area contributed by atoms with Crippen molar-refractivity contribution in [1.29, 1.82) is 0 Å². The van der Waals surface area contributed by atoms with Crippen molar-refractivity contribution < 1.29 is 8.42 Å². The van der Waals surface area contributed by atoms with Crippen molar-refractivity contribution in [3.05, 3.63) is 54.0 Å². The van der Waals surface area contributed by atoms with E-state index in [0.717, 1.165) is 41.1 Å². The van der Waals surface area contributed by atoms with Crippen LogP contribution in [0.25, 0.3) is 17.0 Å². The van der Waals surface area contributed by atoms with Crippen molar-refractivity contribution in [3.63, 3.8) is 0 Å². The Balaban J connectivity index is 1.66. The van der Waals surface area contributed by atoms with Crippen LogP contribution in [0.5, 0.6) is 0 Å². The fourth-order valence-corrected chi connectivity index (χ4v) is 4.91. The molecule has 0 aromatic carbocycles. The average Bonchev–Trinajstić information content (AvgIpc) is 3.11. The lowest BCUT2D eigenvalue weighted by atomic mass is 9.95. The summed E-state index contributed by atoms with van der Waals surface area (Å²) >= 11 is 0. The first-order chi connectivity index (χ1) is 13.4. The van der Waals surface area contributed by atoms with E-state index in [9.17, 15) is 8.42 Å². The maximum absolute atomic E-state index is 12.5. The predicted molar refractivity (Wildman–Crippen MR) is 109 cm³/mol. The van der Waals surface area contributed by atoms with Gasteiger partial charge in [-0.2, -0.15) is 17.0 Å². The maximum Gasteiger partial charge on any atom is 0.281 e. The van der Waals surface area contributed by atoms with Gasteiger partial charge in [-0.25, -0.2) is 4.98 Å². The molecule has 1 fully saturated rings. The second kappa shape index (κ2) is 7.27. The van der Waals surface area contributed by atoms with E-state index < -0.39 is 10.2 Å². The molecule has 1 saturated heterocycles. The van der Waals surface area contributed by atoms with Gasteiger partial charge < -0.3 is 0 Å². The second-order valence-corrected chi connectivity index (χ2v) is 9.66. The predicted octanol–water partition coefficient (Wildman–Crippen LogP) is 2.69. The first-order valence-electron chi connectivity index (χ1n) is 9.45. The van der Waals surface area contributed by atoms with Crippen molar-refractivity contribution in [2.24, 2.45) is 0 Å². The molecule has 0 amide bonds. The lowest BCUT2D eigenvalue weighted by Crippen LogP contribution is -2.45. The molecular formula is C20H25N5O2S. The molecule has 1 atom stereocenters. The molecule has 3 aromatic rings. The summed E-state index contributed by atoms with van der Waals surface area (Å²) in [5, 5.41) is 0. The Bertz CT molecular complexity index is 1110. The Morgan fingerprint density at radius 3 is 2.79 bits per heavy atom. The highest BCUT2D eigenvalue weighted by Crippen LogP contribution is 2.29. The van der Waals surface area contributed by atoms with Crippen molar-refractivity contribution in [1.82, 2.24) is 23.0 Å². The Hall–Kier alpha value is -2.29. The third kappa shape index (κ3) is 3.43.